The van der Waals surface area contributed by atoms with Gasteiger partial charge in [0.25, 0.3) is 0 Å². The highest BCUT2D eigenvalue weighted by Crippen LogP contribution is 2.41. The lowest BCUT2D eigenvalue weighted by atomic mass is 9.74. The minimum Gasteiger partial charge on any atom is -0.512 e. The summed E-state index contributed by atoms with van der Waals surface area (Å²) in [7, 11) is 0. The fraction of sp³-hybridized carbons (Fsp3) is 0.318. The minimum atomic E-state index is -0.774. The van der Waals surface area contributed by atoms with Gasteiger partial charge >= 0.3 is 0 Å². The molecule has 0 amide bonds. The largest absolute Gasteiger partial charge is 0.512 e. The quantitative estimate of drug-likeness (QED) is 0.648. The second-order valence-electron chi connectivity index (χ2n) is 7.73. The van der Waals surface area contributed by atoms with E-state index in [-0.39, 0.29) is 33.1 Å². The molecule has 2 aromatic rings. The van der Waals surface area contributed by atoms with Crippen molar-refractivity contribution in [3.8, 4) is 11.1 Å². The summed E-state index contributed by atoms with van der Waals surface area (Å²) in [6.45, 7) is 5.78. The molecule has 2 nitrogen and oxygen atoms in total. The van der Waals surface area contributed by atoms with E-state index in [0.29, 0.717) is 30.4 Å². The third-order valence-electron chi connectivity index (χ3n) is 4.91. The second-order valence-corrected chi connectivity index (χ2v) is 8.17. The van der Waals surface area contributed by atoms with E-state index in [1.807, 2.05) is 20.8 Å². The summed E-state index contributed by atoms with van der Waals surface area (Å²) < 4.78 is 28.7. The van der Waals surface area contributed by atoms with Crippen molar-refractivity contribution < 1.29 is 18.7 Å². The van der Waals surface area contributed by atoms with E-state index in [9.17, 15) is 18.7 Å². The first kappa shape index (κ1) is 19.6. The van der Waals surface area contributed by atoms with Crippen LogP contribution in [0.2, 0.25) is 5.02 Å². The van der Waals surface area contributed by atoms with Crippen LogP contribution < -0.4 is 0 Å². The van der Waals surface area contributed by atoms with Crippen LogP contribution in [0, 0.1) is 17.0 Å². The average Bonchev–Trinajstić information content (AvgIpc) is 2.52. The maximum absolute atomic E-state index is 14.4. The zero-order chi connectivity index (χ0) is 19.9. The van der Waals surface area contributed by atoms with Crippen LogP contribution in [0.25, 0.3) is 16.7 Å². The van der Waals surface area contributed by atoms with Crippen molar-refractivity contribution in [2.24, 2.45) is 5.41 Å². The van der Waals surface area contributed by atoms with E-state index in [1.165, 1.54) is 0 Å². The molecule has 0 aromatic heterocycles. The normalized spacial score (nSPS) is 16.7. The van der Waals surface area contributed by atoms with Gasteiger partial charge in [-0.1, -0.05) is 44.5 Å². The summed E-state index contributed by atoms with van der Waals surface area (Å²) in [5, 5.41) is 10.5. The Bertz CT molecular complexity index is 938. The SMILES string of the molecule is CCc1ccc(-c2c(F)cc(Cl)cc2F)cc1C1=C(O)CC(C)(C)CC1=O. The van der Waals surface area contributed by atoms with E-state index in [4.69, 9.17) is 11.6 Å². The average molecular weight is 391 g/mol. The third-order valence-corrected chi connectivity index (χ3v) is 5.13. The number of aliphatic hydroxyl groups excluding tert-OH is 1. The van der Waals surface area contributed by atoms with Crippen LogP contribution >= 0.6 is 11.6 Å². The first-order chi connectivity index (χ1) is 12.6. The topological polar surface area (TPSA) is 37.3 Å². The van der Waals surface area contributed by atoms with Crippen molar-refractivity contribution in [3.05, 3.63) is 63.9 Å². The Balaban J connectivity index is 2.21. The van der Waals surface area contributed by atoms with Crippen LogP contribution in [0.4, 0.5) is 8.78 Å². The predicted molar refractivity (Wildman–Crippen MR) is 104 cm³/mol. The van der Waals surface area contributed by atoms with Crippen LogP contribution in [-0.2, 0) is 11.2 Å². The highest BCUT2D eigenvalue weighted by Gasteiger charge is 2.34. The number of allylic oxidation sites excluding steroid dienone is 2. The molecule has 1 aliphatic carbocycles. The Morgan fingerprint density at radius 3 is 2.30 bits per heavy atom. The number of rotatable bonds is 3. The number of halogens is 3. The van der Waals surface area contributed by atoms with Gasteiger partial charge in [0.2, 0.25) is 0 Å². The summed E-state index contributed by atoms with van der Waals surface area (Å²) >= 11 is 5.71. The molecule has 27 heavy (non-hydrogen) atoms. The molecule has 0 fully saturated rings. The van der Waals surface area contributed by atoms with Gasteiger partial charge in [0.15, 0.2) is 5.78 Å². The summed E-state index contributed by atoms with van der Waals surface area (Å²) in [5.41, 5.74) is 1.40. The summed E-state index contributed by atoms with van der Waals surface area (Å²) in [5.74, 6) is -1.68. The first-order valence-corrected chi connectivity index (χ1v) is 9.24. The predicted octanol–water partition coefficient (Wildman–Crippen LogP) is 6.51. The molecule has 0 radical (unpaired) electrons. The van der Waals surface area contributed by atoms with E-state index in [2.05, 4.69) is 0 Å². The number of aliphatic hydroxyl groups is 1. The molecule has 0 unspecified atom stereocenters. The molecule has 1 aliphatic rings. The molecule has 1 N–H and O–H groups in total. The molecule has 0 aliphatic heterocycles. The van der Waals surface area contributed by atoms with Crippen LogP contribution in [0.5, 0.6) is 0 Å². The molecule has 2 aromatic carbocycles. The molecule has 5 heteroatoms. The second kappa shape index (κ2) is 7.08. The van der Waals surface area contributed by atoms with Crippen LogP contribution in [0.1, 0.15) is 44.7 Å². The van der Waals surface area contributed by atoms with Crippen LogP contribution in [0.3, 0.4) is 0 Å². The lowest BCUT2D eigenvalue weighted by molar-refractivity contribution is -0.116. The Morgan fingerprint density at radius 2 is 1.74 bits per heavy atom. The Morgan fingerprint density at radius 1 is 1.11 bits per heavy atom. The number of benzene rings is 2. The van der Waals surface area contributed by atoms with Gasteiger partial charge in [-0.15, -0.1) is 0 Å². The van der Waals surface area contributed by atoms with Crippen molar-refractivity contribution in [1.29, 1.82) is 0 Å². The number of hydrogen-bond acceptors (Lipinski definition) is 2. The van der Waals surface area contributed by atoms with Crippen molar-refractivity contribution in [2.45, 2.75) is 40.0 Å². The fourth-order valence-electron chi connectivity index (χ4n) is 3.68. The summed E-state index contributed by atoms with van der Waals surface area (Å²) in [6, 6.07) is 7.05. The van der Waals surface area contributed by atoms with E-state index >= 15 is 0 Å². The molecule has 0 spiro atoms. The molecule has 0 bridgehead atoms. The number of ketones is 1. The van der Waals surface area contributed by atoms with Gasteiger partial charge in [-0.2, -0.15) is 0 Å². The van der Waals surface area contributed by atoms with Crippen molar-refractivity contribution >= 4 is 23.0 Å². The molecule has 142 valence electrons. The third kappa shape index (κ3) is 3.77. The maximum Gasteiger partial charge on any atom is 0.167 e. The van der Waals surface area contributed by atoms with Gasteiger partial charge in [0.05, 0.1) is 11.1 Å². The number of aryl methyl sites for hydroxylation is 1. The molecular weight excluding hydrogens is 370 g/mol. The first-order valence-electron chi connectivity index (χ1n) is 8.86. The monoisotopic (exact) mass is 390 g/mol. The van der Waals surface area contributed by atoms with Gasteiger partial charge in [-0.25, -0.2) is 8.78 Å². The van der Waals surface area contributed by atoms with E-state index in [1.54, 1.807) is 18.2 Å². The molecule has 0 saturated carbocycles. The van der Waals surface area contributed by atoms with Gasteiger partial charge in [0, 0.05) is 17.9 Å². The van der Waals surface area contributed by atoms with Crippen molar-refractivity contribution in [2.75, 3.05) is 0 Å². The number of hydrogen-bond donors (Lipinski definition) is 1. The standard InChI is InChI=1S/C22H21ClF2O2/c1-4-12-5-6-13(20-16(24)8-14(23)9-17(20)25)7-15(12)21-18(26)10-22(2,3)11-19(21)27/h5-9,26H,4,10-11H2,1-3H3. The Kier molecular flexibility index (Phi) is 5.13. The van der Waals surface area contributed by atoms with Crippen molar-refractivity contribution in [1.82, 2.24) is 0 Å². The smallest absolute Gasteiger partial charge is 0.167 e. The zero-order valence-corrected chi connectivity index (χ0v) is 16.3. The summed E-state index contributed by atoms with van der Waals surface area (Å²) in [6.07, 6.45) is 1.31. The molecule has 3 rings (SSSR count). The minimum absolute atomic E-state index is 0.0239. The fourth-order valence-corrected chi connectivity index (χ4v) is 3.88. The van der Waals surface area contributed by atoms with Crippen LogP contribution in [0.15, 0.2) is 36.1 Å². The number of Topliss-reactive ketones (excluding diaryl/α,β-unsaturated/α-hetero) is 1. The molecular formula is C22H21ClF2O2. The van der Waals surface area contributed by atoms with Gasteiger partial charge in [-0.3, -0.25) is 4.79 Å². The van der Waals surface area contributed by atoms with Gasteiger partial charge in [0.1, 0.15) is 17.4 Å². The van der Waals surface area contributed by atoms with E-state index < -0.39 is 11.6 Å². The van der Waals surface area contributed by atoms with Crippen molar-refractivity contribution in [3.63, 3.8) is 0 Å². The highest BCUT2D eigenvalue weighted by atomic mass is 35.5. The molecule has 0 atom stereocenters. The lowest BCUT2D eigenvalue weighted by Gasteiger charge is -2.30. The maximum atomic E-state index is 14.4. The molecule has 0 saturated heterocycles. The van der Waals surface area contributed by atoms with Gasteiger partial charge in [-0.05, 0) is 46.7 Å². The zero-order valence-electron chi connectivity index (χ0n) is 15.5. The van der Waals surface area contributed by atoms with Crippen LogP contribution in [-0.4, -0.2) is 10.9 Å². The summed E-state index contributed by atoms with van der Waals surface area (Å²) in [4.78, 5) is 12.7. The van der Waals surface area contributed by atoms with Gasteiger partial charge < -0.3 is 5.11 Å². The number of carbonyl (C=O) groups excluding carboxylic acids is 1. The highest BCUT2D eigenvalue weighted by molar-refractivity contribution is 6.30. The molecule has 0 heterocycles. The Hall–Kier alpha value is -2.20. The van der Waals surface area contributed by atoms with E-state index in [0.717, 1.165) is 17.7 Å². The lowest BCUT2D eigenvalue weighted by Crippen LogP contribution is -2.25. The Labute approximate surface area is 162 Å². The number of carbonyl (C=O) groups is 1.